The van der Waals surface area contributed by atoms with Crippen molar-refractivity contribution in [1.82, 2.24) is 9.97 Å². The number of rotatable bonds is 3. The van der Waals surface area contributed by atoms with Crippen LogP contribution >= 0.6 is 0 Å². The van der Waals surface area contributed by atoms with Crippen molar-refractivity contribution < 1.29 is 8.42 Å². The minimum atomic E-state index is -1.05. The lowest BCUT2D eigenvalue weighted by Crippen LogP contribution is -1.94. The molecule has 0 radical (unpaired) electrons. The van der Waals surface area contributed by atoms with E-state index in [0.29, 0.717) is 21.2 Å². The minimum Gasteiger partial charge on any atom is -0.255 e. The van der Waals surface area contributed by atoms with Crippen LogP contribution in [0.15, 0.2) is 46.5 Å². The van der Waals surface area contributed by atoms with Crippen molar-refractivity contribution >= 4 is 21.6 Å². The zero-order valence-electron chi connectivity index (χ0n) is 9.99. The molecule has 0 aromatic carbocycles. The molecule has 0 aliphatic heterocycles. The zero-order valence-corrected chi connectivity index (χ0v) is 11.6. The van der Waals surface area contributed by atoms with E-state index in [2.05, 4.69) is 9.97 Å². The van der Waals surface area contributed by atoms with E-state index >= 15 is 0 Å². The Bertz CT molecular complexity index is 573. The molecule has 2 heterocycles. The Labute approximate surface area is 110 Å². The van der Waals surface area contributed by atoms with E-state index in [1.54, 1.807) is 49.2 Å². The molecule has 18 heavy (non-hydrogen) atoms. The SMILES string of the molecule is CS(=O)c1ccnc(-c2cc(S(C)=O)ccn2)c1. The summed E-state index contributed by atoms with van der Waals surface area (Å²) in [5.74, 6) is 0. The summed E-state index contributed by atoms with van der Waals surface area (Å²) in [7, 11) is -2.11. The molecule has 0 N–H and O–H groups in total. The normalized spacial score (nSPS) is 14.1. The second kappa shape index (κ2) is 5.49. The lowest BCUT2D eigenvalue weighted by atomic mass is 10.2. The number of aromatic nitrogens is 2. The summed E-state index contributed by atoms with van der Waals surface area (Å²) in [5, 5.41) is 0. The standard InChI is InChI=1S/C12H12N2O2S2/c1-17(15)9-3-5-13-11(7-9)12-8-10(18(2)16)4-6-14-12/h3-8H,1-2H3. The summed E-state index contributed by atoms with van der Waals surface area (Å²) < 4.78 is 22.8. The molecule has 0 aliphatic carbocycles. The Morgan fingerprint density at radius 1 is 0.833 bits per heavy atom. The summed E-state index contributed by atoms with van der Waals surface area (Å²) in [6.45, 7) is 0. The van der Waals surface area contributed by atoms with E-state index in [4.69, 9.17) is 0 Å². The third-order valence-electron chi connectivity index (χ3n) is 2.39. The van der Waals surface area contributed by atoms with Gasteiger partial charge in [-0.25, -0.2) is 0 Å². The summed E-state index contributed by atoms with van der Waals surface area (Å²) in [5.41, 5.74) is 1.27. The van der Waals surface area contributed by atoms with E-state index in [1.165, 1.54) is 0 Å². The van der Waals surface area contributed by atoms with Crippen molar-refractivity contribution in [2.24, 2.45) is 0 Å². The molecule has 0 bridgehead atoms. The van der Waals surface area contributed by atoms with Gasteiger partial charge in [-0.15, -0.1) is 0 Å². The second-order valence-electron chi connectivity index (χ2n) is 3.66. The van der Waals surface area contributed by atoms with Gasteiger partial charge in [0.2, 0.25) is 0 Å². The van der Waals surface area contributed by atoms with Crippen molar-refractivity contribution in [3.63, 3.8) is 0 Å². The van der Waals surface area contributed by atoms with Gasteiger partial charge < -0.3 is 0 Å². The van der Waals surface area contributed by atoms with E-state index in [-0.39, 0.29) is 0 Å². The maximum atomic E-state index is 11.4. The highest BCUT2D eigenvalue weighted by Gasteiger charge is 2.06. The highest BCUT2D eigenvalue weighted by molar-refractivity contribution is 7.84. The van der Waals surface area contributed by atoms with Gasteiger partial charge in [-0.2, -0.15) is 0 Å². The number of pyridine rings is 2. The summed E-state index contributed by atoms with van der Waals surface area (Å²) in [6, 6.07) is 6.89. The van der Waals surface area contributed by atoms with E-state index < -0.39 is 21.6 Å². The average molecular weight is 280 g/mol. The van der Waals surface area contributed by atoms with Crippen LogP contribution in [0.3, 0.4) is 0 Å². The predicted molar refractivity (Wildman–Crippen MR) is 72.1 cm³/mol. The molecule has 2 rings (SSSR count). The van der Waals surface area contributed by atoms with Gasteiger partial charge in [0.05, 0.1) is 11.4 Å². The van der Waals surface area contributed by atoms with Crippen LogP contribution < -0.4 is 0 Å². The Balaban J connectivity index is 2.48. The van der Waals surface area contributed by atoms with Crippen LogP contribution in [0.1, 0.15) is 0 Å². The first-order chi connectivity index (χ1) is 8.58. The molecule has 0 saturated carbocycles. The third kappa shape index (κ3) is 2.88. The molecule has 0 fully saturated rings. The zero-order chi connectivity index (χ0) is 13.1. The molecule has 0 saturated heterocycles. The van der Waals surface area contributed by atoms with Crippen molar-refractivity contribution in [2.45, 2.75) is 9.79 Å². The Hall–Kier alpha value is -1.40. The van der Waals surface area contributed by atoms with Gasteiger partial charge in [-0.1, -0.05) is 0 Å². The maximum absolute atomic E-state index is 11.4. The topological polar surface area (TPSA) is 59.9 Å². The molecule has 6 heteroatoms. The van der Waals surface area contributed by atoms with Crippen LogP contribution in [0.5, 0.6) is 0 Å². The lowest BCUT2D eigenvalue weighted by Gasteiger charge is -2.03. The first kappa shape index (κ1) is 13.0. The molecule has 2 aromatic rings. The molecule has 2 unspecified atom stereocenters. The summed E-state index contributed by atoms with van der Waals surface area (Å²) >= 11 is 0. The Morgan fingerprint density at radius 3 is 1.56 bits per heavy atom. The van der Waals surface area contributed by atoms with Crippen LogP contribution in [0.2, 0.25) is 0 Å². The molecule has 94 valence electrons. The third-order valence-corrected chi connectivity index (χ3v) is 4.22. The van der Waals surface area contributed by atoms with Gasteiger partial charge in [0.1, 0.15) is 0 Å². The quantitative estimate of drug-likeness (QED) is 0.857. The molecule has 0 spiro atoms. The van der Waals surface area contributed by atoms with E-state index in [0.717, 1.165) is 0 Å². The highest BCUT2D eigenvalue weighted by atomic mass is 32.2. The van der Waals surface area contributed by atoms with Gasteiger partial charge in [-0.05, 0) is 24.3 Å². The molecule has 2 atom stereocenters. The molecule has 0 amide bonds. The summed E-state index contributed by atoms with van der Waals surface area (Å²) in [4.78, 5) is 9.79. The van der Waals surface area contributed by atoms with Crippen molar-refractivity contribution in [1.29, 1.82) is 0 Å². The van der Waals surface area contributed by atoms with Crippen LogP contribution in [-0.2, 0) is 21.6 Å². The predicted octanol–water partition coefficient (Wildman–Crippen LogP) is 1.62. The molecule has 2 aromatic heterocycles. The smallest absolute Gasteiger partial charge is 0.0898 e. The largest absolute Gasteiger partial charge is 0.255 e. The highest BCUT2D eigenvalue weighted by Crippen LogP contribution is 2.18. The minimum absolute atomic E-state index is 0.634. The van der Waals surface area contributed by atoms with Crippen molar-refractivity contribution in [2.75, 3.05) is 12.5 Å². The molecule has 4 nitrogen and oxygen atoms in total. The number of nitrogens with zero attached hydrogens (tertiary/aromatic N) is 2. The average Bonchev–Trinajstić information content (AvgIpc) is 2.39. The maximum Gasteiger partial charge on any atom is 0.0898 e. The fraction of sp³-hybridized carbons (Fsp3) is 0.167. The van der Waals surface area contributed by atoms with E-state index in [9.17, 15) is 8.42 Å². The Morgan fingerprint density at radius 2 is 1.22 bits per heavy atom. The number of hydrogen-bond acceptors (Lipinski definition) is 4. The van der Waals surface area contributed by atoms with Crippen LogP contribution in [0.4, 0.5) is 0 Å². The molecule has 0 aliphatic rings. The van der Waals surface area contributed by atoms with Crippen molar-refractivity contribution in [3.8, 4) is 11.4 Å². The van der Waals surface area contributed by atoms with Gasteiger partial charge in [0.25, 0.3) is 0 Å². The molecular formula is C12H12N2O2S2. The van der Waals surface area contributed by atoms with Crippen LogP contribution in [0, 0.1) is 0 Å². The molecular weight excluding hydrogens is 268 g/mol. The second-order valence-corrected chi connectivity index (χ2v) is 6.42. The lowest BCUT2D eigenvalue weighted by molar-refractivity contribution is 0.685. The first-order valence-corrected chi connectivity index (χ1v) is 8.29. The first-order valence-electron chi connectivity index (χ1n) is 5.17. The van der Waals surface area contributed by atoms with Gasteiger partial charge in [0, 0.05) is 56.3 Å². The fourth-order valence-corrected chi connectivity index (χ4v) is 2.52. The number of hydrogen-bond donors (Lipinski definition) is 0. The monoisotopic (exact) mass is 280 g/mol. The van der Waals surface area contributed by atoms with Gasteiger partial charge in [-0.3, -0.25) is 18.4 Å². The Kier molecular flexibility index (Phi) is 3.98. The van der Waals surface area contributed by atoms with Crippen molar-refractivity contribution in [3.05, 3.63) is 36.7 Å². The van der Waals surface area contributed by atoms with Gasteiger partial charge >= 0.3 is 0 Å². The van der Waals surface area contributed by atoms with Gasteiger partial charge in [0.15, 0.2) is 0 Å². The van der Waals surface area contributed by atoms with Crippen LogP contribution in [0.25, 0.3) is 11.4 Å². The fourth-order valence-electron chi connectivity index (χ4n) is 1.46. The summed E-state index contributed by atoms with van der Waals surface area (Å²) in [6.07, 6.45) is 6.43. The van der Waals surface area contributed by atoms with Crippen LogP contribution in [-0.4, -0.2) is 30.9 Å². The van der Waals surface area contributed by atoms with E-state index in [1.807, 2.05) is 0 Å².